The number of nitrogens with zero attached hydrogens (tertiary/aromatic N) is 1. The normalized spacial score (nSPS) is 11.8. The van der Waals surface area contributed by atoms with Gasteiger partial charge in [-0.05, 0) is 30.3 Å². The van der Waals surface area contributed by atoms with Crippen LogP contribution in [0.25, 0.3) is 21.8 Å². The highest BCUT2D eigenvalue weighted by atomic mass is 19.4. The molecule has 0 bridgehead atoms. The summed E-state index contributed by atoms with van der Waals surface area (Å²) in [5.41, 5.74) is 7.62. The van der Waals surface area contributed by atoms with E-state index in [1.54, 1.807) is 42.5 Å². The molecule has 2 N–H and O–H groups in total. The third-order valence-electron chi connectivity index (χ3n) is 4.50. The summed E-state index contributed by atoms with van der Waals surface area (Å²) in [7, 11) is 0. The van der Waals surface area contributed by atoms with Crippen LogP contribution >= 0.6 is 0 Å². The first-order valence-electron chi connectivity index (χ1n) is 8.40. The standard InChI is InChI=1S/C21H14F3N2O2/c22-21(23,24)28-18-11-4-1-6-13(18)12-26-16-9-3-2-7-14(16)19-15(20(25)27)8-5-10-17(19)26/h1-6,8-11H,12H2,(H2,25,27). The van der Waals surface area contributed by atoms with Crippen LogP contribution in [0.15, 0.2) is 60.7 Å². The van der Waals surface area contributed by atoms with Gasteiger partial charge in [-0.2, -0.15) is 0 Å². The average molecular weight is 383 g/mol. The van der Waals surface area contributed by atoms with Crippen molar-refractivity contribution >= 4 is 27.7 Å². The van der Waals surface area contributed by atoms with Gasteiger partial charge in [-0.3, -0.25) is 4.79 Å². The Morgan fingerprint density at radius 1 is 1.04 bits per heavy atom. The second kappa shape index (κ2) is 6.60. The van der Waals surface area contributed by atoms with Gasteiger partial charge in [0.15, 0.2) is 0 Å². The van der Waals surface area contributed by atoms with Crippen LogP contribution in [0.1, 0.15) is 15.9 Å². The second-order valence-electron chi connectivity index (χ2n) is 6.24. The van der Waals surface area contributed by atoms with Crippen molar-refractivity contribution in [3.8, 4) is 5.75 Å². The number of ether oxygens (including phenoxy) is 1. The number of alkyl halides is 3. The van der Waals surface area contributed by atoms with Gasteiger partial charge in [0.2, 0.25) is 5.91 Å². The topological polar surface area (TPSA) is 57.2 Å². The van der Waals surface area contributed by atoms with Gasteiger partial charge in [-0.15, -0.1) is 13.2 Å². The molecule has 0 unspecified atom stereocenters. The van der Waals surface area contributed by atoms with Crippen LogP contribution in [0.2, 0.25) is 0 Å². The molecule has 3 aromatic carbocycles. The Morgan fingerprint density at radius 3 is 2.54 bits per heavy atom. The number of nitrogens with two attached hydrogens (primary N) is 1. The minimum absolute atomic E-state index is 0.117. The van der Waals surface area contributed by atoms with E-state index in [0.717, 1.165) is 5.52 Å². The number of rotatable bonds is 4. The molecule has 1 aromatic heterocycles. The number of halogens is 3. The van der Waals surface area contributed by atoms with Crippen LogP contribution in [0.5, 0.6) is 5.75 Å². The van der Waals surface area contributed by atoms with E-state index in [1.165, 1.54) is 12.1 Å². The molecule has 4 aromatic rings. The number of fused-ring (bicyclic) bond motifs is 3. The highest BCUT2D eigenvalue weighted by Crippen LogP contribution is 2.34. The first-order chi connectivity index (χ1) is 13.3. The smallest absolute Gasteiger partial charge is 0.405 e. The van der Waals surface area contributed by atoms with E-state index in [0.29, 0.717) is 27.4 Å². The average Bonchev–Trinajstić information content (AvgIpc) is 2.96. The van der Waals surface area contributed by atoms with E-state index < -0.39 is 12.3 Å². The number of para-hydroxylation sites is 1. The number of hydrogen-bond acceptors (Lipinski definition) is 2. The van der Waals surface area contributed by atoms with Crippen LogP contribution in [0, 0.1) is 6.07 Å². The second-order valence-corrected chi connectivity index (χ2v) is 6.24. The molecule has 0 aliphatic carbocycles. The van der Waals surface area contributed by atoms with Crippen molar-refractivity contribution in [1.82, 2.24) is 4.57 Å². The maximum atomic E-state index is 12.8. The molecule has 28 heavy (non-hydrogen) atoms. The molecule has 1 amide bonds. The molecule has 0 aliphatic rings. The van der Waals surface area contributed by atoms with E-state index in [2.05, 4.69) is 10.8 Å². The van der Waals surface area contributed by atoms with E-state index >= 15 is 0 Å². The molecular formula is C21H14F3N2O2. The molecule has 0 spiro atoms. The van der Waals surface area contributed by atoms with Crippen LogP contribution in [-0.2, 0) is 6.54 Å². The summed E-state index contributed by atoms with van der Waals surface area (Å²) < 4.78 is 44.3. The number of carbonyl (C=O) groups is 1. The molecule has 0 aliphatic heterocycles. The minimum Gasteiger partial charge on any atom is -0.405 e. The molecule has 0 saturated carbocycles. The molecule has 4 nitrogen and oxygen atoms in total. The lowest BCUT2D eigenvalue weighted by molar-refractivity contribution is -0.274. The summed E-state index contributed by atoms with van der Waals surface area (Å²) in [6.07, 6.45) is -4.79. The van der Waals surface area contributed by atoms with Gasteiger partial charge < -0.3 is 15.0 Å². The van der Waals surface area contributed by atoms with Gasteiger partial charge in [0.1, 0.15) is 5.75 Å². The Morgan fingerprint density at radius 2 is 1.79 bits per heavy atom. The quantitative estimate of drug-likeness (QED) is 0.558. The van der Waals surface area contributed by atoms with Crippen LogP contribution in [0.4, 0.5) is 13.2 Å². The van der Waals surface area contributed by atoms with Crippen molar-refractivity contribution in [3.05, 3.63) is 77.9 Å². The summed E-state index contributed by atoms with van der Waals surface area (Å²) in [6, 6.07) is 19.5. The maximum absolute atomic E-state index is 12.8. The van der Waals surface area contributed by atoms with Gasteiger partial charge in [-0.25, -0.2) is 0 Å². The van der Waals surface area contributed by atoms with E-state index in [-0.39, 0.29) is 12.3 Å². The lowest BCUT2D eigenvalue weighted by Crippen LogP contribution is -2.18. The lowest BCUT2D eigenvalue weighted by atomic mass is 10.1. The fourth-order valence-corrected chi connectivity index (χ4v) is 3.42. The zero-order valence-corrected chi connectivity index (χ0v) is 14.5. The Labute approximate surface area is 157 Å². The van der Waals surface area contributed by atoms with E-state index in [4.69, 9.17) is 5.73 Å². The van der Waals surface area contributed by atoms with Gasteiger partial charge in [-0.1, -0.05) is 36.4 Å². The Balaban J connectivity index is 1.93. The van der Waals surface area contributed by atoms with Gasteiger partial charge >= 0.3 is 6.36 Å². The predicted molar refractivity (Wildman–Crippen MR) is 99.0 cm³/mol. The Kier molecular flexibility index (Phi) is 4.22. The summed E-state index contributed by atoms with van der Waals surface area (Å²) in [5.74, 6) is -0.848. The van der Waals surface area contributed by atoms with Crippen molar-refractivity contribution < 1.29 is 22.7 Å². The van der Waals surface area contributed by atoms with Gasteiger partial charge in [0.25, 0.3) is 0 Å². The van der Waals surface area contributed by atoms with Crippen molar-refractivity contribution in [2.24, 2.45) is 5.73 Å². The van der Waals surface area contributed by atoms with Crippen LogP contribution in [-0.4, -0.2) is 16.8 Å². The number of aromatic nitrogens is 1. The lowest BCUT2D eigenvalue weighted by Gasteiger charge is -2.15. The Bertz CT molecular complexity index is 1200. The van der Waals surface area contributed by atoms with Crippen molar-refractivity contribution in [2.45, 2.75) is 12.9 Å². The third-order valence-corrected chi connectivity index (χ3v) is 4.50. The SMILES string of the molecule is NC(=O)c1cccc2c1c1[c]cccc1n2Cc1ccccc1OC(F)(F)F. The molecular weight excluding hydrogens is 369 g/mol. The zero-order valence-electron chi connectivity index (χ0n) is 14.5. The number of benzene rings is 3. The summed E-state index contributed by atoms with van der Waals surface area (Å²) in [5, 5.41) is 1.31. The molecule has 1 radical (unpaired) electrons. The Hall–Kier alpha value is -3.48. The van der Waals surface area contributed by atoms with E-state index in [1.807, 2.05) is 10.6 Å². The fraction of sp³-hybridized carbons (Fsp3) is 0.0952. The fourth-order valence-electron chi connectivity index (χ4n) is 3.42. The van der Waals surface area contributed by atoms with Gasteiger partial charge in [0.05, 0.1) is 17.6 Å². The highest BCUT2D eigenvalue weighted by Gasteiger charge is 2.32. The van der Waals surface area contributed by atoms with Crippen molar-refractivity contribution in [3.63, 3.8) is 0 Å². The van der Waals surface area contributed by atoms with Crippen molar-refractivity contribution in [1.29, 1.82) is 0 Å². The first-order valence-corrected chi connectivity index (χ1v) is 8.40. The molecule has 0 fully saturated rings. The van der Waals surface area contributed by atoms with Crippen molar-refractivity contribution in [2.75, 3.05) is 0 Å². The van der Waals surface area contributed by atoms with Gasteiger partial charge in [0, 0.05) is 21.9 Å². The van der Waals surface area contributed by atoms with Crippen LogP contribution < -0.4 is 10.5 Å². The molecule has 141 valence electrons. The maximum Gasteiger partial charge on any atom is 0.573 e. The molecule has 7 heteroatoms. The number of primary amides is 1. The molecule has 4 rings (SSSR count). The molecule has 1 heterocycles. The van der Waals surface area contributed by atoms with E-state index in [9.17, 15) is 18.0 Å². The number of amides is 1. The number of hydrogen-bond donors (Lipinski definition) is 1. The predicted octanol–water partition coefficient (Wildman–Crippen LogP) is 4.64. The zero-order chi connectivity index (χ0) is 19.9. The first kappa shape index (κ1) is 17.9. The minimum atomic E-state index is -4.79. The highest BCUT2D eigenvalue weighted by molar-refractivity contribution is 6.17. The number of carbonyl (C=O) groups excluding carboxylic acids is 1. The molecule has 0 saturated heterocycles. The third kappa shape index (κ3) is 3.15. The summed E-state index contributed by atoms with van der Waals surface area (Å²) in [6.45, 7) is 0.117. The largest absolute Gasteiger partial charge is 0.573 e. The van der Waals surface area contributed by atoms with Crippen LogP contribution in [0.3, 0.4) is 0 Å². The summed E-state index contributed by atoms with van der Waals surface area (Å²) in [4.78, 5) is 11.9. The molecule has 0 atom stereocenters. The summed E-state index contributed by atoms with van der Waals surface area (Å²) >= 11 is 0. The monoisotopic (exact) mass is 383 g/mol.